The van der Waals surface area contributed by atoms with Gasteiger partial charge in [0.1, 0.15) is 0 Å². The number of guanidine groups is 1. The Balaban J connectivity index is 0.00000625. The van der Waals surface area contributed by atoms with Gasteiger partial charge in [0.2, 0.25) is 0 Å². The van der Waals surface area contributed by atoms with Crippen molar-refractivity contribution in [3.8, 4) is 0 Å². The van der Waals surface area contributed by atoms with Gasteiger partial charge in [-0.05, 0) is 38.3 Å². The van der Waals surface area contributed by atoms with E-state index >= 15 is 0 Å². The summed E-state index contributed by atoms with van der Waals surface area (Å²) in [6.45, 7) is 11.6. The Kier molecular flexibility index (Phi) is 14.1. The highest BCUT2D eigenvalue weighted by Crippen LogP contribution is 2.10. The topological polar surface area (TPSA) is 87.9 Å². The second kappa shape index (κ2) is 14.8. The van der Waals surface area contributed by atoms with Crippen molar-refractivity contribution in [2.45, 2.75) is 40.2 Å². The molecule has 1 rings (SSSR count). The second-order valence-electron chi connectivity index (χ2n) is 5.95. The summed E-state index contributed by atoms with van der Waals surface area (Å²) in [5.74, 6) is 1.32. The molecule has 150 valence electrons. The number of aliphatic imine (C=N–C) groups is 1. The number of carbonyl (C=O) groups is 1. The molecule has 0 fully saturated rings. The SMILES string of the molecule is CCNC(=NCCC(OCC)C(C)C)NCCNC(=O)c1ccco1.I. The molecule has 3 N–H and O–H groups in total. The molecule has 0 bridgehead atoms. The highest BCUT2D eigenvalue weighted by Gasteiger charge is 2.12. The zero-order chi connectivity index (χ0) is 18.5. The van der Waals surface area contributed by atoms with Crippen LogP contribution in [-0.4, -0.2) is 50.8 Å². The van der Waals surface area contributed by atoms with Crippen molar-refractivity contribution in [2.75, 3.05) is 32.8 Å². The molecule has 0 aromatic carbocycles. The van der Waals surface area contributed by atoms with Crippen LogP contribution in [0.25, 0.3) is 0 Å². The molecule has 0 spiro atoms. The van der Waals surface area contributed by atoms with E-state index in [1.165, 1.54) is 6.26 Å². The van der Waals surface area contributed by atoms with Gasteiger partial charge in [0.15, 0.2) is 11.7 Å². The minimum atomic E-state index is -0.217. The van der Waals surface area contributed by atoms with Crippen LogP contribution in [0, 0.1) is 5.92 Å². The third kappa shape index (κ3) is 10.0. The van der Waals surface area contributed by atoms with Crippen LogP contribution >= 0.6 is 24.0 Å². The number of nitrogens with one attached hydrogen (secondary N) is 3. The minimum absolute atomic E-state index is 0. The largest absolute Gasteiger partial charge is 0.459 e. The van der Waals surface area contributed by atoms with Crippen molar-refractivity contribution in [1.29, 1.82) is 0 Å². The number of halogens is 1. The third-order valence-electron chi connectivity index (χ3n) is 3.60. The summed E-state index contributed by atoms with van der Waals surface area (Å²) in [5.41, 5.74) is 0. The fourth-order valence-corrected chi connectivity index (χ4v) is 2.32. The molecule has 0 aliphatic rings. The molecule has 0 saturated heterocycles. The van der Waals surface area contributed by atoms with Crippen molar-refractivity contribution in [2.24, 2.45) is 10.9 Å². The number of hydrogen-bond donors (Lipinski definition) is 3. The lowest BCUT2D eigenvalue weighted by molar-refractivity contribution is 0.0266. The predicted molar refractivity (Wildman–Crippen MR) is 115 cm³/mol. The van der Waals surface area contributed by atoms with E-state index in [-0.39, 0.29) is 36.0 Å². The van der Waals surface area contributed by atoms with Crippen molar-refractivity contribution < 1.29 is 13.9 Å². The lowest BCUT2D eigenvalue weighted by Crippen LogP contribution is -2.41. The summed E-state index contributed by atoms with van der Waals surface area (Å²) >= 11 is 0. The van der Waals surface area contributed by atoms with Crippen LogP contribution in [0.3, 0.4) is 0 Å². The normalized spacial score (nSPS) is 12.4. The van der Waals surface area contributed by atoms with Crippen molar-refractivity contribution in [3.05, 3.63) is 24.2 Å². The summed E-state index contributed by atoms with van der Waals surface area (Å²) in [6, 6.07) is 3.33. The van der Waals surface area contributed by atoms with Crippen LogP contribution in [0.2, 0.25) is 0 Å². The lowest BCUT2D eigenvalue weighted by Gasteiger charge is -2.20. The third-order valence-corrected chi connectivity index (χ3v) is 3.60. The molecule has 1 atom stereocenters. The molecule has 1 unspecified atom stereocenters. The quantitative estimate of drug-likeness (QED) is 0.196. The van der Waals surface area contributed by atoms with E-state index in [0.717, 1.165) is 25.5 Å². The number of rotatable bonds is 11. The van der Waals surface area contributed by atoms with E-state index in [4.69, 9.17) is 9.15 Å². The van der Waals surface area contributed by atoms with Crippen molar-refractivity contribution in [3.63, 3.8) is 0 Å². The Morgan fingerprint density at radius 2 is 1.96 bits per heavy atom. The van der Waals surface area contributed by atoms with Gasteiger partial charge >= 0.3 is 0 Å². The average molecular weight is 480 g/mol. The fourth-order valence-electron chi connectivity index (χ4n) is 2.32. The highest BCUT2D eigenvalue weighted by molar-refractivity contribution is 14.0. The number of amides is 1. The monoisotopic (exact) mass is 480 g/mol. The van der Waals surface area contributed by atoms with E-state index in [2.05, 4.69) is 34.8 Å². The molecule has 0 saturated carbocycles. The zero-order valence-electron chi connectivity index (χ0n) is 16.2. The van der Waals surface area contributed by atoms with Crippen molar-refractivity contribution in [1.82, 2.24) is 16.0 Å². The van der Waals surface area contributed by atoms with Gasteiger partial charge < -0.3 is 25.1 Å². The summed E-state index contributed by atoms with van der Waals surface area (Å²) < 4.78 is 10.8. The highest BCUT2D eigenvalue weighted by atomic mass is 127. The first-order valence-electron chi connectivity index (χ1n) is 9.03. The smallest absolute Gasteiger partial charge is 0.287 e. The average Bonchev–Trinajstić information content (AvgIpc) is 3.12. The molecule has 1 amide bonds. The number of carbonyl (C=O) groups excluding carboxylic acids is 1. The number of furan rings is 1. The van der Waals surface area contributed by atoms with E-state index < -0.39 is 0 Å². The number of nitrogens with zero attached hydrogens (tertiary/aromatic N) is 1. The molecule has 0 aliphatic heterocycles. The molecule has 8 heteroatoms. The Morgan fingerprint density at radius 3 is 2.54 bits per heavy atom. The van der Waals surface area contributed by atoms with Gasteiger partial charge in [-0.1, -0.05) is 13.8 Å². The van der Waals surface area contributed by atoms with Gasteiger partial charge in [-0.25, -0.2) is 0 Å². The van der Waals surface area contributed by atoms with Crippen LogP contribution in [0.4, 0.5) is 0 Å². The maximum absolute atomic E-state index is 11.8. The predicted octanol–water partition coefficient (Wildman–Crippen LogP) is 2.63. The maximum Gasteiger partial charge on any atom is 0.287 e. The summed E-state index contributed by atoms with van der Waals surface area (Å²) in [5, 5.41) is 9.20. The first kappa shape index (κ1) is 24.7. The molecule has 26 heavy (non-hydrogen) atoms. The van der Waals surface area contributed by atoms with Gasteiger partial charge in [0.25, 0.3) is 5.91 Å². The Hall–Kier alpha value is -1.29. The summed E-state index contributed by atoms with van der Waals surface area (Å²) in [7, 11) is 0. The second-order valence-corrected chi connectivity index (χ2v) is 5.95. The Labute approximate surface area is 173 Å². The molecular weight excluding hydrogens is 447 g/mol. The fraction of sp³-hybridized carbons (Fsp3) is 0.667. The zero-order valence-corrected chi connectivity index (χ0v) is 18.5. The van der Waals surface area contributed by atoms with Crippen LogP contribution in [0.1, 0.15) is 44.7 Å². The Morgan fingerprint density at radius 1 is 1.23 bits per heavy atom. The first-order chi connectivity index (χ1) is 12.1. The van der Waals surface area contributed by atoms with E-state index in [1.807, 2.05) is 13.8 Å². The molecular formula is C18H33IN4O3. The minimum Gasteiger partial charge on any atom is -0.459 e. The number of ether oxygens (including phenoxy) is 1. The van der Waals surface area contributed by atoms with E-state index in [1.54, 1.807) is 12.1 Å². The van der Waals surface area contributed by atoms with Crippen LogP contribution in [0.15, 0.2) is 27.8 Å². The molecule has 0 radical (unpaired) electrons. The maximum atomic E-state index is 11.8. The molecule has 7 nitrogen and oxygen atoms in total. The first-order valence-corrected chi connectivity index (χ1v) is 9.03. The molecule has 1 aromatic heterocycles. The van der Waals surface area contributed by atoms with Crippen LogP contribution < -0.4 is 16.0 Å². The lowest BCUT2D eigenvalue weighted by atomic mass is 10.0. The molecule has 0 aliphatic carbocycles. The van der Waals surface area contributed by atoms with Gasteiger partial charge in [0, 0.05) is 32.8 Å². The standard InChI is InChI=1S/C18H32N4O3.HI/c1-5-19-18(21-10-9-15(14(3)4)24-6-2)22-12-11-20-17(23)16-8-7-13-25-16;/h7-8,13-15H,5-6,9-12H2,1-4H3,(H,20,23)(H2,19,21,22);1H. The molecule has 1 heterocycles. The summed E-state index contributed by atoms with van der Waals surface area (Å²) in [4.78, 5) is 16.3. The van der Waals surface area contributed by atoms with Gasteiger partial charge in [-0.3, -0.25) is 9.79 Å². The van der Waals surface area contributed by atoms with Crippen molar-refractivity contribution >= 4 is 35.8 Å². The van der Waals surface area contributed by atoms with Gasteiger partial charge in [-0.2, -0.15) is 0 Å². The van der Waals surface area contributed by atoms with E-state index in [0.29, 0.717) is 31.3 Å². The van der Waals surface area contributed by atoms with E-state index in [9.17, 15) is 4.79 Å². The Bertz CT molecular complexity index is 507. The van der Waals surface area contributed by atoms with Gasteiger partial charge in [-0.15, -0.1) is 24.0 Å². The molecule has 1 aromatic rings. The van der Waals surface area contributed by atoms with Crippen LogP contribution in [0.5, 0.6) is 0 Å². The number of hydrogen-bond acceptors (Lipinski definition) is 4. The van der Waals surface area contributed by atoms with Crippen LogP contribution in [-0.2, 0) is 4.74 Å². The van der Waals surface area contributed by atoms with Gasteiger partial charge in [0.05, 0.1) is 12.4 Å². The summed E-state index contributed by atoms with van der Waals surface area (Å²) in [6.07, 6.45) is 2.59.